The van der Waals surface area contributed by atoms with Crippen LogP contribution in [0.4, 0.5) is 0 Å². The Balaban J connectivity index is 4.12. The number of rotatable bonds is 2. The van der Waals surface area contributed by atoms with Crippen molar-refractivity contribution >= 4 is 15.9 Å². The van der Waals surface area contributed by atoms with E-state index in [1.165, 1.54) is 13.8 Å². The Kier molecular flexibility index (Phi) is 2.79. The molecule has 0 radical (unpaired) electrons. The van der Waals surface area contributed by atoms with Crippen LogP contribution in [-0.4, -0.2) is 19.7 Å². The minimum absolute atomic E-state index is 0.415. The van der Waals surface area contributed by atoms with Gasteiger partial charge >= 0.3 is 0 Å². The lowest BCUT2D eigenvalue weighted by atomic mass is 10.6. The smallest absolute Gasteiger partial charge is 0.229 e. The molecule has 0 saturated heterocycles. The van der Waals surface area contributed by atoms with Crippen molar-refractivity contribution in [1.82, 2.24) is 5.32 Å². The average Bonchev–Trinajstić information content (AvgIpc) is 1.60. The van der Waals surface area contributed by atoms with Crippen molar-refractivity contribution in [2.45, 2.75) is 19.2 Å². The third-order valence-corrected chi connectivity index (χ3v) is 2.00. The fourth-order valence-electron chi connectivity index (χ4n) is 0.368. The molecule has 1 unspecified atom stereocenters. The molecule has 60 valence electrons. The molecular formula is C4H10N2O3S. The normalized spacial score (nSPS) is 14.3. The van der Waals surface area contributed by atoms with Gasteiger partial charge < -0.3 is 5.32 Å². The Labute approximate surface area is 59.6 Å². The number of hydrogen-bond donors (Lipinski definition) is 2. The van der Waals surface area contributed by atoms with Gasteiger partial charge in [-0.3, -0.25) is 4.79 Å². The predicted octanol–water partition coefficient (Wildman–Crippen LogP) is -1.24. The van der Waals surface area contributed by atoms with E-state index in [4.69, 9.17) is 0 Å². The molecule has 0 aliphatic carbocycles. The number of nitrogens with two attached hydrogens (primary N) is 1. The summed E-state index contributed by atoms with van der Waals surface area (Å²) >= 11 is 0. The third kappa shape index (κ3) is 3.41. The average molecular weight is 166 g/mol. The number of primary sulfonamides is 1. The van der Waals surface area contributed by atoms with Gasteiger partial charge in [0.2, 0.25) is 15.9 Å². The van der Waals surface area contributed by atoms with Crippen LogP contribution >= 0.6 is 0 Å². The van der Waals surface area contributed by atoms with Crippen LogP contribution in [0, 0.1) is 0 Å². The molecule has 0 aromatic heterocycles. The van der Waals surface area contributed by atoms with Crippen LogP contribution in [-0.2, 0) is 14.8 Å². The molecule has 0 heterocycles. The molecule has 0 rings (SSSR count). The van der Waals surface area contributed by atoms with Crippen molar-refractivity contribution < 1.29 is 13.2 Å². The number of hydrogen-bond acceptors (Lipinski definition) is 3. The predicted molar refractivity (Wildman–Crippen MR) is 36.4 cm³/mol. The van der Waals surface area contributed by atoms with Gasteiger partial charge in [-0.2, -0.15) is 0 Å². The Morgan fingerprint density at radius 3 is 2.10 bits per heavy atom. The lowest BCUT2D eigenvalue weighted by Gasteiger charge is -2.08. The number of amides is 1. The first-order valence-electron chi connectivity index (χ1n) is 2.62. The van der Waals surface area contributed by atoms with Crippen molar-refractivity contribution in [3.63, 3.8) is 0 Å². The number of carbonyl (C=O) groups excluding carboxylic acids is 1. The van der Waals surface area contributed by atoms with Crippen molar-refractivity contribution in [3.8, 4) is 0 Å². The lowest BCUT2D eigenvalue weighted by molar-refractivity contribution is -0.119. The van der Waals surface area contributed by atoms with Crippen LogP contribution in [0.15, 0.2) is 0 Å². The van der Waals surface area contributed by atoms with Crippen LogP contribution in [0.3, 0.4) is 0 Å². The number of carbonyl (C=O) groups is 1. The second-order valence-corrected chi connectivity index (χ2v) is 3.82. The van der Waals surface area contributed by atoms with Gasteiger partial charge in [-0.05, 0) is 6.92 Å². The topological polar surface area (TPSA) is 89.3 Å². The molecule has 6 heteroatoms. The second-order valence-electron chi connectivity index (χ2n) is 1.93. The Morgan fingerprint density at radius 1 is 1.60 bits per heavy atom. The van der Waals surface area contributed by atoms with Gasteiger partial charge in [0, 0.05) is 6.92 Å². The van der Waals surface area contributed by atoms with Crippen LogP contribution in [0.25, 0.3) is 0 Å². The first kappa shape index (κ1) is 9.38. The van der Waals surface area contributed by atoms with E-state index in [9.17, 15) is 13.2 Å². The van der Waals surface area contributed by atoms with Crippen LogP contribution in [0.2, 0.25) is 0 Å². The van der Waals surface area contributed by atoms with Crippen molar-refractivity contribution in [2.24, 2.45) is 5.14 Å². The summed E-state index contributed by atoms with van der Waals surface area (Å²) in [7, 11) is -3.63. The molecule has 0 aromatic rings. The van der Waals surface area contributed by atoms with Crippen molar-refractivity contribution in [2.75, 3.05) is 0 Å². The highest BCUT2D eigenvalue weighted by atomic mass is 32.2. The quantitative estimate of drug-likeness (QED) is 0.537. The Morgan fingerprint density at radius 2 is 2.00 bits per heavy atom. The third-order valence-electron chi connectivity index (χ3n) is 0.899. The van der Waals surface area contributed by atoms with E-state index in [2.05, 4.69) is 10.5 Å². The van der Waals surface area contributed by atoms with Crippen LogP contribution in [0.1, 0.15) is 13.8 Å². The molecule has 1 amide bonds. The fraction of sp³-hybridized carbons (Fsp3) is 0.750. The summed E-state index contributed by atoms with van der Waals surface area (Å²) in [5, 5.41) is 5.81. The SMILES string of the molecule is CC(=O)NC(C)S(N)(=O)=O. The van der Waals surface area contributed by atoms with E-state index in [1.54, 1.807) is 0 Å². The molecule has 0 bridgehead atoms. The molecule has 0 fully saturated rings. The van der Waals surface area contributed by atoms with Gasteiger partial charge in [-0.1, -0.05) is 0 Å². The molecule has 0 saturated carbocycles. The molecule has 10 heavy (non-hydrogen) atoms. The van der Waals surface area contributed by atoms with Gasteiger partial charge in [-0.15, -0.1) is 0 Å². The minimum atomic E-state index is -3.63. The first-order valence-corrected chi connectivity index (χ1v) is 4.23. The van der Waals surface area contributed by atoms with Crippen molar-refractivity contribution in [1.29, 1.82) is 0 Å². The van der Waals surface area contributed by atoms with Gasteiger partial charge in [0.05, 0.1) is 0 Å². The molecule has 0 spiro atoms. The van der Waals surface area contributed by atoms with E-state index < -0.39 is 21.3 Å². The molecule has 5 nitrogen and oxygen atoms in total. The fourth-order valence-corrected chi connectivity index (χ4v) is 0.699. The molecule has 0 aromatic carbocycles. The van der Waals surface area contributed by atoms with Crippen molar-refractivity contribution in [3.05, 3.63) is 0 Å². The largest absolute Gasteiger partial charge is 0.339 e. The van der Waals surface area contributed by atoms with Crippen LogP contribution in [0.5, 0.6) is 0 Å². The maximum Gasteiger partial charge on any atom is 0.229 e. The summed E-state index contributed by atoms with van der Waals surface area (Å²) in [6, 6.07) is 0. The van der Waals surface area contributed by atoms with E-state index in [-0.39, 0.29) is 0 Å². The molecular weight excluding hydrogens is 156 g/mol. The summed E-state index contributed by atoms with van der Waals surface area (Å²) in [6.07, 6.45) is 0. The van der Waals surface area contributed by atoms with E-state index >= 15 is 0 Å². The Bertz CT molecular complexity index is 221. The highest BCUT2D eigenvalue weighted by molar-refractivity contribution is 7.89. The Hall–Kier alpha value is -0.620. The summed E-state index contributed by atoms with van der Waals surface area (Å²) in [4.78, 5) is 10.3. The summed E-state index contributed by atoms with van der Waals surface area (Å²) < 4.78 is 20.9. The molecule has 1 atom stereocenters. The second kappa shape index (κ2) is 2.98. The summed E-state index contributed by atoms with van der Waals surface area (Å²) in [6.45, 7) is 2.53. The van der Waals surface area contributed by atoms with Gasteiger partial charge in [-0.25, -0.2) is 13.6 Å². The summed E-state index contributed by atoms with van der Waals surface area (Å²) in [5.41, 5.74) is 0. The maximum atomic E-state index is 10.4. The maximum absolute atomic E-state index is 10.4. The van der Waals surface area contributed by atoms with Gasteiger partial charge in [0.25, 0.3) is 0 Å². The van der Waals surface area contributed by atoms with Gasteiger partial charge in [0.1, 0.15) is 5.37 Å². The lowest BCUT2D eigenvalue weighted by Crippen LogP contribution is -2.40. The first-order chi connectivity index (χ1) is 4.34. The summed E-state index contributed by atoms with van der Waals surface area (Å²) in [5.74, 6) is -0.415. The van der Waals surface area contributed by atoms with E-state index in [0.29, 0.717) is 0 Å². The number of sulfonamides is 1. The van der Waals surface area contributed by atoms with E-state index in [1.807, 2.05) is 0 Å². The highest BCUT2D eigenvalue weighted by Gasteiger charge is 2.14. The number of nitrogens with one attached hydrogen (secondary N) is 1. The van der Waals surface area contributed by atoms with Gasteiger partial charge in [0.15, 0.2) is 0 Å². The zero-order valence-corrected chi connectivity index (χ0v) is 6.60. The molecule has 0 aliphatic rings. The zero-order valence-electron chi connectivity index (χ0n) is 5.79. The van der Waals surface area contributed by atoms with E-state index in [0.717, 1.165) is 0 Å². The minimum Gasteiger partial charge on any atom is -0.339 e. The highest BCUT2D eigenvalue weighted by Crippen LogP contribution is 1.87. The monoisotopic (exact) mass is 166 g/mol. The van der Waals surface area contributed by atoms with Crippen LogP contribution < -0.4 is 10.5 Å². The zero-order chi connectivity index (χ0) is 8.36. The standard InChI is InChI=1S/C4H10N2O3S/c1-3(7)6-4(2)10(5,8)9/h4H,1-2H3,(H,6,7)(H2,5,8,9). The molecule has 3 N–H and O–H groups in total. The molecule has 0 aliphatic heterocycles.